The zero-order chi connectivity index (χ0) is 22.1. The number of amides is 2. The number of hydrazone groups is 1. The number of non-ortho nitro benzene ring substituents is 1. The van der Waals surface area contributed by atoms with Crippen molar-refractivity contribution in [1.82, 2.24) is 5.43 Å². The summed E-state index contributed by atoms with van der Waals surface area (Å²) in [5.41, 5.74) is 3.97. The molecule has 0 unspecified atom stereocenters. The Kier molecular flexibility index (Phi) is 7.04. The van der Waals surface area contributed by atoms with Gasteiger partial charge < -0.3 is 10.1 Å². The van der Waals surface area contributed by atoms with Crippen LogP contribution in [0.25, 0.3) is 0 Å². The molecule has 0 atom stereocenters. The predicted molar refractivity (Wildman–Crippen MR) is 115 cm³/mol. The number of carbonyl (C=O) groups is 2. The molecule has 0 spiro atoms. The van der Waals surface area contributed by atoms with Gasteiger partial charge >= 0.3 is 0 Å². The number of nitrogens with one attached hydrogen (secondary N) is 2. The van der Waals surface area contributed by atoms with E-state index in [0.717, 1.165) is 0 Å². The number of nitro benzene ring substituents is 1. The fourth-order valence-electron chi connectivity index (χ4n) is 2.48. The lowest BCUT2D eigenvalue weighted by molar-refractivity contribution is -0.384. The normalized spacial score (nSPS) is 10.5. The molecule has 9 heteroatoms. The highest BCUT2D eigenvalue weighted by Gasteiger charge is 2.07. The van der Waals surface area contributed by atoms with E-state index in [1.165, 1.54) is 30.5 Å². The minimum absolute atomic E-state index is 0.0268. The van der Waals surface area contributed by atoms with E-state index in [1.807, 2.05) is 18.2 Å². The maximum Gasteiger partial charge on any atom is 0.271 e. The van der Waals surface area contributed by atoms with Crippen LogP contribution in [0.5, 0.6) is 5.75 Å². The monoisotopic (exact) mass is 418 g/mol. The van der Waals surface area contributed by atoms with Crippen molar-refractivity contribution in [2.45, 2.75) is 0 Å². The summed E-state index contributed by atoms with van der Waals surface area (Å²) >= 11 is 0. The number of ether oxygens (including phenoxy) is 1. The number of hydrogen-bond acceptors (Lipinski definition) is 6. The number of para-hydroxylation sites is 1. The molecule has 9 nitrogen and oxygen atoms in total. The molecule has 3 rings (SSSR count). The Morgan fingerprint density at radius 2 is 1.65 bits per heavy atom. The second-order valence-corrected chi connectivity index (χ2v) is 6.28. The summed E-state index contributed by atoms with van der Waals surface area (Å²) in [5, 5.41) is 17.2. The van der Waals surface area contributed by atoms with E-state index in [4.69, 9.17) is 4.74 Å². The highest BCUT2D eigenvalue weighted by atomic mass is 16.6. The minimum Gasteiger partial charge on any atom is -0.484 e. The molecule has 0 radical (unpaired) electrons. The molecule has 0 fully saturated rings. The third-order valence-corrected chi connectivity index (χ3v) is 4.03. The Labute approximate surface area is 177 Å². The molecule has 0 aliphatic rings. The van der Waals surface area contributed by atoms with Crippen molar-refractivity contribution in [2.24, 2.45) is 5.10 Å². The van der Waals surface area contributed by atoms with E-state index in [-0.39, 0.29) is 18.2 Å². The third kappa shape index (κ3) is 6.50. The van der Waals surface area contributed by atoms with Crippen LogP contribution in [0.15, 0.2) is 84.0 Å². The van der Waals surface area contributed by atoms with Gasteiger partial charge in [-0.25, -0.2) is 5.43 Å². The number of carbonyl (C=O) groups excluding carboxylic acids is 2. The Morgan fingerprint density at radius 1 is 0.968 bits per heavy atom. The van der Waals surface area contributed by atoms with E-state index < -0.39 is 10.8 Å². The number of rotatable bonds is 8. The maximum absolute atomic E-state index is 12.1. The van der Waals surface area contributed by atoms with Crippen LogP contribution >= 0.6 is 0 Å². The van der Waals surface area contributed by atoms with Gasteiger partial charge in [-0.15, -0.1) is 0 Å². The number of benzene rings is 3. The summed E-state index contributed by atoms with van der Waals surface area (Å²) in [4.78, 5) is 34.2. The van der Waals surface area contributed by atoms with E-state index in [0.29, 0.717) is 22.6 Å². The molecule has 0 aliphatic heterocycles. The fraction of sp³-hybridized carbons (Fsp3) is 0.0455. The Bertz CT molecular complexity index is 1080. The molecule has 0 heterocycles. The third-order valence-electron chi connectivity index (χ3n) is 4.03. The number of nitrogens with zero attached hydrogens (tertiary/aromatic N) is 2. The number of anilines is 1. The molecule has 0 aliphatic carbocycles. The highest BCUT2D eigenvalue weighted by Crippen LogP contribution is 2.13. The summed E-state index contributed by atoms with van der Waals surface area (Å²) in [7, 11) is 0. The van der Waals surface area contributed by atoms with Crippen molar-refractivity contribution < 1.29 is 19.2 Å². The number of hydrogen-bond donors (Lipinski definition) is 2. The van der Waals surface area contributed by atoms with Crippen molar-refractivity contribution in [2.75, 3.05) is 11.9 Å². The first-order chi connectivity index (χ1) is 15.0. The lowest BCUT2D eigenvalue weighted by Gasteiger charge is -2.08. The van der Waals surface area contributed by atoms with Gasteiger partial charge in [-0.05, 0) is 54.1 Å². The van der Waals surface area contributed by atoms with Crippen molar-refractivity contribution in [3.05, 3.63) is 100 Å². The summed E-state index contributed by atoms with van der Waals surface area (Å²) in [6, 6.07) is 21.0. The van der Waals surface area contributed by atoms with Crippen molar-refractivity contribution in [3.8, 4) is 5.75 Å². The van der Waals surface area contributed by atoms with E-state index in [1.54, 1.807) is 36.4 Å². The van der Waals surface area contributed by atoms with Gasteiger partial charge in [0.15, 0.2) is 6.61 Å². The maximum atomic E-state index is 12.1. The Morgan fingerprint density at radius 3 is 2.29 bits per heavy atom. The van der Waals surface area contributed by atoms with E-state index in [9.17, 15) is 19.7 Å². The Balaban J connectivity index is 1.47. The van der Waals surface area contributed by atoms with Crippen molar-refractivity contribution in [1.29, 1.82) is 0 Å². The molecule has 3 aromatic carbocycles. The quantitative estimate of drug-likeness (QED) is 0.330. The molecule has 31 heavy (non-hydrogen) atoms. The average molecular weight is 418 g/mol. The van der Waals surface area contributed by atoms with Crippen LogP contribution in [0.4, 0.5) is 11.4 Å². The second-order valence-electron chi connectivity index (χ2n) is 6.28. The van der Waals surface area contributed by atoms with Gasteiger partial charge in [0.1, 0.15) is 5.75 Å². The van der Waals surface area contributed by atoms with Crippen molar-refractivity contribution >= 4 is 29.4 Å². The molecule has 2 amide bonds. The van der Waals surface area contributed by atoms with Crippen LogP contribution in [-0.2, 0) is 4.79 Å². The molecule has 156 valence electrons. The largest absolute Gasteiger partial charge is 0.484 e. The predicted octanol–water partition coefficient (Wildman–Crippen LogP) is 3.38. The zero-order valence-corrected chi connectivity index (χ0v) is 16.2. The first-order valence-electron chi connectivity index (χ1n) is 9.17. The summed E-state index contributed by atoms with van der Waals surface area (Å²) in [5.74, 6) is -0.297. The van der Waals surface area contributed by atoms with Crippen LogP contribution in [0, 0.1) is 10.1 Å². The van der Waals surface area contributed by atoms with Crippen LogP contribution in [0.1, 0.15) is 15.9 Å². The van der Waals surface area contributed by atoms with E-state index >= 15 is 0 Å². The fourth-order valence-corrected chi connectivity index (χ4v) is 2.48. The summed E-state index contributed by atoms with van der Waals surface area (Å²) < 4.78 is 5.42. The zero-order valence-electron chi connectivity index (χ0n) is 16.2. The van der Waals surface area contributed by atoms with Gasteiger partial charge in [0, 0.05) is 23.4 Å². The Hall–Kier alpha value is -4.53. The minimum atomic E-state index is -0.494. The van der Waals surface area contributed by atoms with Gasteiger partial charge in [0.2, 0.25) is 0 Å². The molecule has 0 saturated heterocycles. The van der Waals surface area contributed by atoms with E-state index in [2.05, 4.69) is 15.8 Å². The van der Waals surface area contributed by atoms with Crippen molar-refractivity contribution in [3.63, 3.8) is 0 Å². The van der Waals surface area contributed by atoms with Gasteiger partial charge in [-0.1, -0.05) is 18.2 Å². The molecule has 0 aromatic heterocycles. The summed E-state index contributed by atoms with van der Waals surface area (Å²) in [6.07, 6.45) is 1.38. The van der Waals surface area contributed by atoms with Gasteiger partial charge in [0.05, 0.1) is 11.1 Å². The van der Waals surface area contributed by atoms with Gasteiger partial charge in [0.25, 0.3) is 17.5 Å². The average Bonchev–Trinajstić information content (AvgIpc) is 2.79. The van der Waals surface area contributed by atoms with Crippen LogP contribution in [-0.4, -0.2) is 29.6 Å². The lowest BCUT2D eigenvalue weighted by Crippen LogP contribution is -2.20. The first-order valence-corrected chi connectivity index (χ1v) is 9.17. The molecule has 0 bridgehead atoms. The number of nitro groups is 1. The highest BCUT2D eigenvalue weighted by molar-refractivity contribution is 5.95. The molecular weight excluding hydrogens is 400 g/mol. The van der Waals surface area contributed by atoms with Gasteiger partial charge in [-0.2, -0.15) is 5.10 Å². The molecular formula is C22H18N4O5. The van der Waals surface area contributed by atoms with Crippen LogP contribution in [0.2, 0.25) is 0 Å². The smallest absolute Gasteiger partial charge is 0.271 e. The molecule has 2 N–H and O–H groups in total. The first kappa shape index (κ1) is 21.2. The SMILES string of the molecule is O=C(COc1ccc(C(=O)N/N=C/c2ccc([N+](=O)[O-])cc2)cc1)Nc1ccccc1. The van der Waals surface area contributed by atoms with Crippen LogP contribution < -0.4 is 15.5 Å². The standard InChI is InChI=1S/C22H18N4O5/c27-21(24-18-4-2-1-3-5-18)15-31-20-12-8-17(9-13-20)22(28)25-23-14-16-6-10-19(11-7-16)26(29)30/h1-14H,15H2,(H,24,27)(H,25,28)/b23-14+. The van der Waals surface area contributed by atoms with Crippen LogP contribution in [0.3, 0.4) is 0 Å². The molecule has 0 saturated carbocycles. The lowest BCUT2D eigenvalue weighted by atomic mass is 10.2. The second kappa shape index (κ2) is 10.3. The van der Waals surface area contributed by atoms with Gasteiger partial charge in [-0.3, -0.25) is 19.7 Å². The topological polar surface area (TPSA) is 123 Å². The molecule has 3 aromatic rings. The summed E-state index contributed by atoms with van der Waals surface area (Å²) in [6.45, 7) is -0.167.